The molecule has 2 aromatic rings. The smallest absolute Gasteiger partial charge is 0.309 e. The zero-order valence-corrected chi connectivity index (χ0v) is 21.0. The van der Waals surface area contributed by atoms with E-state index in [1.54, 1.807) is 4.90 Å². The molecule has 1 aromatic heterocycles. The van der Waals surface area contributed by atoms with Gasteiger partial charge in [0.2, 0.25) is 5.91 Å². The number of aromatic amines is 1. The fourth-order valence-corrected chi connectivity index (χ4v) is 7.03. The summed E-state index contributed by atoms with van der Waals surface area (Å²) in [6.45, 7) is 4.34. The first-order chi connectivity index (χ1) is 14.5. The van der Waals surface area contributed by atoms with E-state index >= 15 is 0 Å². The number of amides is 3. The fourth-order valence-electron chi connectivity index (χ4n) is 4.53. The van der Waals surface area contributed by atoms with Crippen LogP contribution in [0.25, 0.3) is 0 Å². The molecule has 3 amide bonds. The third-order valence-corrected chi connectivity index (χ3v) is 10.4. The van der Waals surface area contributed by atoms with Gasteiger partial charge in [0.15, 0.2) is 5.82 Å². The SMILES string of the molecule is CC1(C)c2[nH]nc(NC(=O)C3(S(C)(C)C)CCC3)c2CN1C(=O)Nc1ccccc1Br. The van der Waals surface area contributed by atoms with Crippen LogP contribution in [-0.4, -0.2) is 50.5 Å². The summed E-state index contributed by atoms with van der Waals surface area (Å²) in [6, 6.07) is 7.32. The van der Waals surface area contributed by atoms with E-state index in [2.05, 4.69) is 55.5 Å². The maximum atomic E-state index is 13.3. The monoisotopic (exact) mass is 507 g/mol. The molecule has 0 spiro atoms. The van der Waals surface area contributed by atoms with Gasteiger partial charge in [0.1, 0.15) is 0 Å². The Kier molecular flexibility index (Phi) is 5.41. The quantitative estimate of drug-likeness (QED) is 0.543. The van der Waals surface area contributed by atoms with Gasteiger partial charge in [-0.15, -0.1) is 0 Å². The Labute approximate surface area is 193 Å². The highest BCUT2D eigenvalue weighted by molar-refractivity contribution is 9.10. The lowest BCUT2D eigenvalue weighted by Crippen LogP contribution is -2.51. The van der Waals surface area contributed by atoms with E-state index in [-0.39, 0.29) is 16.7 Å². The maximum absolute atomic E-state index is 13.3. The number of carbonyl (C=O) groups is 2. The van der Waals surface area contributed by atoms with Crippen LogP contribution >= 0.6 is 26.0 Å². The zero-order chi connectivity index (χ0) is 22.6. The minimum atomic E-state index is -1.06. The molecule has 1 aliphatic heterocycles. The number of aromatic nitrogens is 2. The average Bonchev–Trinajstić information content (AvgIpc) is 3.13. The summed E-state index contributed by atoms with van der Waals surface area (Å²) >= 11 is 3.47. The molecule has 1 aromatic carbocycles. The van der Waals surface area contributed by atoms with Gasteiger partial charge in [0, 0.05) is 10.0 Å². The van der Waals surface area contributed by atoms with Gasteiger partial charge in [-0.05, 0) is 79.9 Å². The van der Waals surface area contributed by atoms with E-state index in [1.807, 2.05) is 38.1 Å². The van der Waals surface area contributed by atoms with Gasteiger partial charge in [-0.3, -0.25) is 9.89 Å². The van der Waals surface area contributed by atoms with Crippen LogP contribution in [0.3, 0.4) is 0 Å². The molecule has 2 aliphatic rings. The number of carbonyl (C=O) groups excluding carboxylic acids is 2. The van der Waals surface area contributed by atoms with Crippen molar-refractivity contribution < 1.29 is 9.59 Å². The van der Waals surface area contributed by atoms with Crippen molar-refractivity contribution in [1.82, 2.24) is 15.1 Å². The minimum Gasteiger partial charge on any atom is -0.309 e. The number of rotatable bonds is 4. The molecule has 2 heterocycles. The van der Waals surface area contributed by atoms with Crippen molar-refractivity contribution in [3.8, 4) is 0 Å². The van der Waals surface area contributed by atoms with Crippen molar-refractivity contribution in [3.05, 3.63) is 40.0 Å². The Hall–Kier alpha value is -2.00. The van der Waals surface area contributed by atoms with Crippen LogP contribution in [0.4, 0.5) is 16.3 Å². The molecular weight excluding hydrogens is 478 g/mol. The standard InChI is InChI=1S/C22H30BrN5O2S/c1-21(2)17-14(13-28(21)20(30)24-16-10-7-6-9-15(16)23)18(27-26-17)25-19(29)22(11-8-12-22)31(3,4)5/h6-7,9-10H,8,11-13H2,1-5H3,(H,24,30)(H2,25,26,27,29). The molecule has 7 nitrogen and oxygen atoms in total. The molecular formula is C22H30BrN5O2S. The summed E-state index contributed by atoms with van der Waals surface area (Å²) in [5.41, 5.74) is 1.86. The molecule has 3 N–H and O–H groups in total. The Bertz CT molecular complexity index is 1040. The molecule has 31 heavy (non-hydrogen) atoms. The molecule has 4 rings (SSSR count). The summed E-state index contributed by atoms with van der Waals surface area (Å²) in [4.78, 5) is 28.1. The molecule has 1 saturated carbocycles. The second kappa shape index (κ2) is 7.55. The molecule has 9 heteroatoms. The van der Waals surface area contributed by atoms with Gasteiger partial charge in [0.05, 0.1) is 28.2 Å². The van der Waals surface area contributed by atoms with Gasteiger partial charge < -0.3 is 15.5 Å². The van der Waals surface area contributed by atoms with Crippen LogP contribution in [0.15, 0.2) is 28.7 Å². The first-order valence-corrected chi connectivity index (χ1v) is 14.0. The number of nitrogens with one attached hydrogen (secondary N) is 3. The highest BCUT2D eigenvalue weighted by atomic mass is 79.9. The summed E-state index contributed by atoms with van der Waals surface area (Å²) in [5.74, 6) is 0.601. The Morgan fingerprint density at radius 3 is 2.42 bits per heavy atom. The highest BCUT2D eigenvalue weighted by Crippen LogP contribution is 2.60. The number of H-pyrrole nitrogens is 1. The van der Waals surface area contributed by atoms with Crippen molar-refractivity contribution in [2.45, 2.75) is 49.9 Å². The number of urea groups is 1. The predicted molar refractivity (Wildman–Crippen MR) is 131 cm³/mol. The highest BCUT2D eigenvalue weighted by Gasteiger charge is 2.51. The third kappa shape index (κ3) is 3.55. The summed E-state index contributed by atoms with van der Waals surface area (Å²) in [5, 5.41) is 13.6. The number of benzene rings is 1. The van der Waals surface area contributed by atoms with Gasteiger partial charge in [-0.1, -0.05) is 12.1 Å². The van der Waals surface area contributed by atoms with Crippen LogP contribution in [0, 0.1) is 0 Å². The van der Waals surface area contributed by atoms with E-state index in [0.29, 0.717) is 18.1 Å². The molecule has 1 fully saturated rings. The molecule has 0 bridgehead atoms. The van der Waals surface area contributed by atoms with E-state index in [4.69, 9.17) is 0 Å². The first kappa shape index (κ1) is 22.2. The van der Waals surface area contributed by atoms with Crippen molar-refractivity contribution in [3.63, 3.8) is 0 Å². The van der Waals surface area contributed by atoms with Crippen molar-refractivity contribution >= 4 is 49.4 Å². The topological polar surface area (TPSA) is 90.1 Å². The molecule has 0 atom stereocenters. The van der Waals surface area contributed by atoms with Crippen LogP contribution in [0.5, 0.6) is 0 Å². The molecule has 0 unspecified atom stereocenters. The van der Waals surface area contributed by atoms with Crippen LogP contribution in [0.2, 0.25) is 0 Å². The Morgan fingerprint density at radius 1 is 1.16 bits per heavy atom. The molecule has 0 saturated heterocycles. The van der Waals surface area contributed by atoms with Gasteiger partial charge in [-0.25, -0.2) is 14.8 Å². The summed E-state index contributed by atoms with van der Waals surface area (Å²) < 4.78 is 0.535. The van der Waals surface area contributed by atoms with E-state index in [1.165, 1.54) is 0 Å². The zero-order valence-electron chi connectivity index (χ0n) is 18.6. The number of nitrogens with zero attached hydrogens (tertiary/aromatic N) is 2. The van der Waals surface area contributed by atoms with E-state index in [9.17, 15) is 9.59 Å². The fraction of sp³-hybridized carbons (Fsp3) is 0.500. The number of hydrogen-bond donors (Lipinski definition) is 3. The molecule has 1 aliphatic carbocycles. The van der Waals surface area contributed by atoms with Crippen molar-refractivity contribution in [1.29, 1.82) is 0 Å². The van der Waals surface area contributed by atoms with Crippen molar-refractivity contribution in [2.24, 2.45) is 0 Å². The Balaban J connectivity index is 1.55. The van der Waals surface area contributed by atoms with Gasteiger partial charge in [0.25, 0.3) is 0 Å². The predicted octanol–water partition coefficient (Wildman–Crippen LogP) is 5.01. The number of halogens is 1. The normalized spacial score (nSPS) is 19.4. The average molecular weight is 508 g/mol. The second-order valence-corrected chi connectivity index (χ2v) is 14.9. The lowest BCUT2D eigenvalue weighted by Gasteiger charge is -2.53. The summed E-state index contributed by atoms with van der Waals surface area (Å²) in [7, 11) is -1.06. The maximum Gasteiger partial charge on any atom is 0.322 e. The third-order valence-electron chi connectivity index (χ3n) is 6.81. The largest absolute Gasteiger partial charge is 0.322 e. The molecule has 168 valence electrons. The second-order valence-electron chi connectivity index (χ2n) is 9.62. The van der Waals surface area contributed by atoms with Crippen LogP contribution < -0.4 is 10.6 Å². The first-order valence-electron chi connectivity index (χ1n) is 10.4. The number of fused-ring (bicyclic) bond motifs is 1. The minimum absolute atomic E-state index is 0.0597. The van der Waals surface area contributed by atoms with E-state index < -0.39 is 15.6 Å². The number of hydrogen-bond acceptors (Lipinski definition) is 3. The lowest BCUT2D eigenvalue weighted by molar-refractivity contribution is -0.120. The molecule has 0 radical (unpaired) electrons. The Morgan fingerprint density at radius 2 is 1.84 bits per heavy atom. The van der Waals surface area contributed by atoms with E-state index in [0.717, 1.165) is 35.0 Å². The van der Waals surface area contributed by atoms with Gasteiger partial charge >= 0.3 is 6.03 Å². The summed E-state index contributed by atoms with van der Waals surface area (Å²) in [6.07, 6.45) is 9.56. The number of para-hydroxylation sites is 1. The van der Waals surface area contributed by atoms with Crippen molar-refractivity contribution in [2.75, 3.05) is 29.4 Å². The van der Waals surface area contributed by atoms with Crippen LogP contribution in [0.1, 0.15) is 44.4 Å². The lowest BCUT2D eigenvalue weighted by atomic mass is 9.83. The van der Waals surface area contributed by atoms with Gasteiger partial charge in [-0.2, -0.15) is 5.10 Å². The van der Waals surface area contributed by atoms with Crippen LogP contribution in [-0.2, 0) is 16.9 Å². The number of anilines is 2.